The second kappa shape index (κ2) is 4.65. The molecule has 2 aromatic rings. The Labute approximate surface area is 111 Å². The van der Waals surface area contributed by atoms with Crippen molar-refractivity contribution >= 4 is 11.7 Å². The first-order valence-electron chi connectivity index (χ1n) is 5.98. The van der Waals surface area contributed by atoms with E-state index >= 15 is 0 Å². The maximum atomic E-state index is 11.9. The summed E-state index contributed by atoms with van der Waals surface area (Å²) in [5.74, 6) is 0.460. The number of anilines is 1. The number of ether oxygens (including phenoxy) is 2. The number of esters is 1. The van der Waals surface area contributed by atoms with Crippen molar-refractivity contribution in [3.8, 4) is 5.75 Å². The average molecular weight is 255 g/mol. The van der Waals surface area contributed by atoms with Crippen molar-refractivity contribution in [2.24, 2.45) is 0 Å². The molecule has 4 heteroatoms. The Morgan fingerprint density at radius 1 is 1.11 bits per heavy atom. The minimum Gasteiger partial charge on any atom is -0.497 e. The molecule has 0 unspecified atom stereocenters. The second-order valence-electron chi connectivity index (χ2n) is 4.25. The fraction of sp³-hybridized carbons (Fsp3) is 0.133. The molecule has 0 bridgehead atoms. The van der Waals surface area contributed by atoms with Crippen LogP contribution in [0, 0.1) is 0 Å². The van der Waals surface area contributed by atoms with E-state index in [0.29, 0.717) is 5.56 Å². The first kappa shape index (κ1) is 11.6. The highest BCUT2D eigenvalue weighted by Gasteiger charge is 2.26. The number of fused-ring (bicyclic) bond motifs is 1. The van der Waals surface area contributed by atoms with Gasteiger partial charge in [-0.1, -0.05) is 12.1 Å². The van der Waals surface area contributed by atoms with Crippen LogP contribution in [0.5, 0.6) is 5.75 Å². The van der Waals surface area contributed by atoms with Gasteiger partial charge in [0.1, 0.15) is 5.75 Å². The molecular formula is C15H13NO3. The van der Waals surface area contributed by atoms with Crippen molar-refractivity contribution < 1.29 is 14.3 Å². The molecule has 19 heavy (non-hydrogen) atoms. The minimum absolute atomic E-state index is 0.310. The van der Waals surface area contributed by atoms with Gasteiger partial charge >= 0.3 is 5.97 Å². The van der Waals surface area contributed by atoms with Crippen LogP contribution in [0.1, 0.15) is 22.1 Å². The standard InChI is InChI=1S/C15H13NO3/c1-18-11-8-6-10(7-9-11)14-16-13-5-3-2-4-12(13)15(17)19-14/h2-9,14,16H,1H3/t14-/m1/s1. The number of cyclic esters (lactones) is 1. The average Bonchev–Trinajstić information content (AvgIpc) is 2.47. The Morgan fingerprint density at radius 2 is 1.84 bits per heavy atom. The Hall–Kier alpha value is -2.49. The number of carbonyl (C=O) groups is 1. The molecule has 1 aliphatic rings. The van der Waals surface area contributed by atoms with Crippen LogP contribution in [-0.2, 0) is 4.74 Å². The summed E-state index contributed by atoms with van der Waals surface area (Å²) in [6.07, 6.45) is -0.465. The third kappa shape index (κ3) is 2.12. The van der Waals surface area contributed by atoms with E-state index in [-0.39, 0.29) is 5.97 Å². The number of methoxy groups -OCH3 is 1. The van der Waals surface area contributed by atoms with Crippen LogP contribution in [0.25, 0.3) is 0 Å². The summed E-state index contributed by atoms with van der Waals surface area (Å²) in [7, 11) is 1.62. The fourth-order valence-corrected chi connectivity index (χ4v) is 2.06. The molecule has 1 atom stereocenters. The second-order valence-corrected chi connectivity index (χ2v) is 4.25. The van der Waals surface area contributed by atoms with Gasteiger partial charge in [0.25, 0.3) is 0 Å². The molecule has 0 spiro atoms. The number of nitrogens with one attached hydrogen (secondary N) is 1. The van der Waals surface area contributed by atoms with Gasteiger partial charge in [-0.25, -0.2) is 4.79 Å². The van der Waals surface area contributed by atoms with E-state index in [1.54, 1.807) is 13.2 Å². The Kier molecular flexibility index (Phi) is 2.83. The predicted molar refractivity (Wildman–Crippen MR) is 71.2 cm³/mol. The van der Waals surface area contributed by atoms with Gasteiger partial charge in [0.2, 0.25) is 0 Å². The highest BCUT2D eigenvalue weighted by Crippen LogP contribution is 2.30. The van der Waals surface area contributed by atoms with Gasteiger partial charge in [-0.2, -0.15) is 0 Å². The van der Waals surface area contributed by atoms with Gasteiger partial charge in [0.05, 0.1) is 18.4 Å². The summed E-state index contributed by atoms with van der Waals surface area (Å²) < 4.78 is 10.5. The van der Waals surface area contributed by atoms with Crippen molar-refractivity contribution in [3.05, 3.63) is 59.7 Å². The maximum absolute atomic E-state index is 11.9. The topological polar surface area (TPSA) is 47.6 Å². The van der Waals surface area contributed by atoms with E-state index in [1.165, 1.54) is 0 Å². The van der Waals surface area contributed by atoms with Gasteiger partial charge in [-0.05, 0) is 36.4 Å². The molecule has 4 nitrogen and oxygen atoms in total. The number of rotatable bonds is 2. The summed E-state index contributed by atoms with van der Waals surface area (Å²) in [6, 6.07) is 14.7. The quantitative estimate of drug-likeness (QED) is 0.838. The van der Waals surface area contributed by atoms with E-state index in [4.69, 9.17) is 9.47 Å². The molecular weight excluding hydrogens is 242 g/mol. The van der Waals surface area contributed by atoms with Crippen LogP contribution in [0.3, 0.4) is 0 Å². The van der Waals surface area contributed by atoms with Crippen LogP contribution in [0.15, 0.2) is 48.5 Å². The van der Waals surface area contributed by atoms with Crippen molar-refractivity contribution in [1.82, 2.24) is 0 Å². The molecule has 2 aromatic carbocycles. The molecule has 1 aliphatic heterocycles. The van der Waals surface area contributed by atoms with Gasteiger partial charge in [0.15, 0.2) is 6.23 Å². The lowest BCUT2D eigenvalue weighted by Gasteiger charge is -2.26. The molecule has 96 valence electrons. The molecule has 3 rings (SSSR count). The van der Waals surface area contributed by atoms with Gasteiger partial charge < -0.3 is 14.8 Å². The monoisotopic (exact) mass is 255 g/mol. The highest BCUT2D eigenvalue weighted by atomic mass is 16.6. The molecule has 1 N–H and O–H groups in total. The Morgan fingerprint density at radius 3 is 2.58 bits per heavy atom. The van der Waals surface area contributed by atoms with Crippen molar-refractivity contribution in [2.45, 2.75) is 6.23 Å². The Balaban J connectivity index is 1.90. The van der Waals surface area contributed by atoms with Crippen LogP contribution in [-0.4, -0.2) is 13.1 Å². The van der Waals surface area contributed by atoms with Crippen molar-refractivity contribution in [2.75, 3.05) is 12.4 Å². The summed E-state index contributed by atoms with van der Waals surface area (Å²) >= 11 is 0. The summed E-state index contributed by atoms with van der Waals surface area (Å²) in [5.41, 5.74) is 2.23. The molecule has 0 amide bonds. The maximum Gasteiger partial charge on any atom is 0.342 e. The fourth-order valence-electron chi connectivity index (χ4n) is 2.06. The first-order valence-corrected chi connectivity index (χ1v) is 5.98. The van der Waals surface area contributed by atoms with Crippen molar-refractivity contribution in [3.63, 3.8) is 0 Å². The SMILES string of the molecule is COc1ccc([C@@H]2Nc3ccccc3C(=O)O2)cc1. The number of hydrogen-bond acceptors (Lipinski definition) is 4. The number of benzene rings is 2. The van der Waals surface area contributed by atoms with Crippen LogP contribution in [0.2, 0.25) is 0 Å². The van der Waals surface area contributed by atoms with Crippen molar-refractivity contribution in [1.29, 1.82) is 0 Å². The molecule has 0 aliphatic carbocycles. The summed E-state index contributed by atoms with van der Waals surface area (Å²) in [5, 5.41) is 3.20. The lowest BCUT2D eigenvalue weighted by molar-refractivity contribution is 0.0330. The van der Waals surface area contributed by atoms with Crippen LogP contribution < -0.4 is 10.1 Å². The zero-order valence-corrected chi connectivity index (χ0v) is 10.4. The summed E-state index contributed by atoms with van der Waals surface area (Å²) in [6.45, 7) is 0. The zero-order valence-electron chi connectivity index (χ0n) is 10.4. The first-order chi connectivity index (χ1) is 9.28. The van der Waals surface area contributed by atoms with E-state index < -0.39 is 6.23 Å². The van der Waals surface area contributed by atoms with Gasteiger partial charge in [-0.3, -0.25) is 0 Å². The van der Waals surface area contributed by atoms with E-state index in [9.17, 15) is 4.79 Å². The third-order valence-electron chi connectivity index (χ3n) is 3.08. The molecule has 0 saturated heterocycles. The van der Waals surface area contributed by atoms with E-state index in [0.717, 1.165) is 17.0 Å². The van der Waals surface area contributed by atoms with Crippen LogP contribution in [0.4, 0.5) is 5.69 Å². The van der Waals surface area contributed by atoms with Gasteiger partial charge in [0, 0.05) is 5.56 Å². The predicted octanol–water partition coefficient (Wildman–Crippen LogP) is 2.98. The molecule has 1 heterocycles. The number of carbonyl (C=O) groups excluding carboxylic acids is 1. The lowest BCUT2D eigenvalue weighted by Crippen LogP contribution is -2.25. The highest BCUT2D eigenvalue weighted by molar-refractivity contribution is 5.97. The smallest absolute Gasteiger partial charge is 0.342 e. The van der Waals surface area contributed by atoms with E-state index in [2.05, 4.69) is 5.32 Å². The Bertz CT molecular complexity index is 607. The normalized spacial score (nSPS) is 17.1. The zero-order chi connectivity index (χ0) is 13.2. The number of para-hydroxylation sites is 1. The third-order valence-corrected chi connectivity index (χ3v) is 3.08. The molecule has 0 saturated carbocycles. The lowest BCUT2D eigenvalue weighted by atomic mass is 10.1. The minimum atomic E-state index is -0.465. The number of hydrogen-bond donors (Lipinski definition) is 1. The largest absolute Gasteiger partial charge is 0.497 e. The van der Waals surface area contributed by atoms with E-state index in [1.807, 2.05) is 42.5 Å². The molecule has 0 aromatic heterocycles. The van der Waals surface area contributed by atoms with Crippen LogP contribution >= 0.6 is 0 Å². The molecule has 0 radical (unpaired) electrons. The summed E-state index contributed by atoms with van der Waals surface area (Å²) in [4.78, 5) is 11.9. The van der Waals surface area contributed by atoms with Gasteiger partial charge in [-0.15, -0.1) is 0 Å². The molecule has 0 fully saturated rings.